The third-order valence-electron chi connectivity index (χ3n) is 4.61. The topological polar surface area (TPSA) is 32.8 Å². The van der Waals surface area contributed by atoms with Crippen LogP contribution in [0.25, 0.3) is 0 Å². The van der Waals surface area contributed by atoms with E-state index in [-0.39, 0.29) is 5.91 Å². The van der Waals surface area contributed by atoms with Gasteiger partial charge in [0.2, 0.25) is 5.91 Å². The van der Waals surface area contributed by atoms with Gasteiger partial charge in [0.1, 0.15) is 12.4 Å². The van der Waals surface area contributed by atoms with Crippen molar-refractivity contribution < 1.29 is 9.53 Å². The molecule has 0 bridgehead atoms. The molecule has 3 rings (SSSR count). The summed E-state index contributed by atoms with van der Waals surface area (Å²) in [4.78, 5) is 16.7. The van der Waals surface area contributed by atoms with Crippen molar-refractivity contribution in [3.05, 3.63) is 66.2 Å². The Labute approximate surface area is 150 Å². The Hall–Kier alpha value is -2.33. The van der Waals surface area contributed by atoms with E-state index in [1.165, 1.54) is 5.56 Å². The van der Waals surface area contributed by atoms with Gasteiger partial charge in [-0.15, -0.1) is 0 Å². The summed E-state index contributed by atoms with van der Waals surface area (Å²) in [6.07, 6.45) is 1.42. The minimum absolute atomic E-state index is 0.268. The molecule has 2 aromatic carbocycles. The molecule has 0 aromatic heterocycles. The number of carbonyl (C=O) groups excluding carboxylic acids is 1. The molecule has 132 valence electrons. The molecule has 1 aliphatic rings. The van der Waals surface area contributed by atoms with Crippen molar-refractivity contribution in [2.75, 3.05) is 39.3 Å². The lowest BCUT2D eigenvalue weighted by Crippen LogP contribution is -2.49. The molecule has 2 aromatic rings. The van der Waals surface area contributed by atoms with E-state index in [9.17, 15) is 4.79 Å². The highest BCUT2D eigenvalue weighted by Gasteiger charge is 2.20. The minimum atomic E-state index is 0.268. The summed E-state index contributed by atoms with van der Waals surface area (Å²) in [6, 6.07) is 20.1. The number of benzene rings is 2. The molecule has 0 saturated carbocycles. The molecule has 1 saturated heterocycles. The molecule has 0 unspecified atom stereocenters. The summed E-state index contributed by atoms with van der Waals surface area (Å²) >= 11 is 0. The van der Waals surface area contributed by atoms with Gasteiger partial charge in [-0.25, -0.2) is 0 Å². The molecule has 0 spiro atoms. The Morgan fingerprint density at radius 3 is 2.20 bits per heavy atom. The third-order valence-corrected chi connectivity index (χ3v) is 4.61. The van der Waals surface area contributed by atoms with Gasteiger partial charge in [0.25, 0.3) is 0 Å². The monoisotopic (exact) mass is 338 g/mol. The van der Waals surface area contributed by atoms with Crippen molar-refractivity contribution in [1.29, 1.82) is 0 Å². The molecule has 25 heavy (non-hydrogen) atoms. The quantitative estimate of drug-likeness (QED) is 0.778. The highest BCUT2D eigenvalue weighted by atomic mass is 16.5. The van der Waals surface area contributed by atoms with E-state index in [4.69, 9.17) is 4.74 Å². The van der Waals surface area contributed by atoms with Crippen molar-refractivity contribution in [2.45, 2.75) is 12.8 Å². The maximum atomic E-state index is 12.4. The normalized spacial score (nSPS) is 15.1. The lowest BCUT2D eigenvalue weighted by atomic mass is 10.1. The van der Waals surface area contributed by atoms with Crippen LogP contribution in [-0.4, -0.2) is 55.0 Å². The van der Waals surface area contributed by atoms with Gasteiger partial charge >= 0.3 is 0 Å². The molecule has 0 radical (unpaired) electrons. The van der Waals surface area contributed by atoms with Crippen molar-refractivity contribution in [3.8, 4) is 5.75 Å². The summed E-state index contributed by atoms with van der Waals surface area (Å²) in [6.45, 7) is 5.08. The first-order valence-electron chi connectivity index (χ1n) is 9.03. The zero-order valence-electron chi connectivity index (χ0n) is 14.6. The van der Waals surface area contributed by atoms with Gasteiger partial charge in [0.05, 0.1) is 0 Å². The zero-order valence-corrected chi connectivity index (χ0v) is 14.6. The third kappa shape index (κ3) is 5.61. The van der Waals surface area contributed by atoms with E-state index >= 15 is 0 Å². The molecule has 4 nitrogen and oxygen atoms in total. The van der Waals surface area contributed by atoms with E-state index in [2.05, 4.69) is 17.0 Å². The highest BCUT2D eigenvalue weighted by molar-refractivity contribution is 5.76. The van der Waals surface area contributed by atoms with Crippen LogP contribution in [0.2, 0.25) is 0 Å². The van der Waals surface area contributed by atoms with Crippen LogP contribution in [0.1, 0.15) is 12.0 Å². The van der Waals surface area contributed by atoms with Gasteiger partial charge in [-0.3, -0.25) is 9.69 Å². The lowest BCUT2D eigenvalue weighted by Gasteiger charge is -2.34. The largest absolute Gasteiger partial charge is 0.492 e. The fourth-order valence-electron chi connectivity index (χ4n) is 3.08. The Morgan fingerprint density at radius 2 is 1.52 bits per heavy atom. The molecule has 1 amide bonds. The predicted molar refractivity (Wildman–Crippen MR) is 99.7 cm³/mol. The number of ether oxygens (including phenoxy) is 1. The molecule has 1 fully saturated rings. The van der Waals surface area contributed by atoms with E-state index in [1.807, 2.05) is 53.4 Å². The van der Waals surface area contributed by atoms with Crippen LogP contribution in [0.3, 0.4) is 0 Å². The first kappa shape index (κ1) is 17.5. The van der Waals surface area contributed by atoms with Crippen LogP contribution in [-0.2, 0) is 11.2 Å². The van der Waals surface area contributed by atoms with Crippen LogP contribution in [0.15, 0.2) is 60.7 Å². The smallest absolute Gasteiger partial charge is 0.222 e. The van der Waals surface area contributed by atoms with Crippen LogP contribution in [0, 0.1) is 0 Å². The number of piperazine rings is 1. The van der Waals surface area contributed by atoms with Gasteiger partial charge in [-0.05, 0) is 24.1 Å². The van der Waals surface area contributed by atoms with Gasteiger partial charge in [0, 0.05) is 39.1 Å². The Morgan fingerprint density at radius 1 is 0.880 bits per heavy atom. The van der Waals surface area contributed by atoms with Crippen molar-refractivity contribution in [2.24, 2.45) is 0 Å². The Bertz CT molecular complexity index is 637. The molecular weight excluding hydrogens is 312 g/mol. The van der Waals surface area contributed by atoms with Gasteiger partial charge in [-0.1, -0.05) is 48.5 Å². The van der Waals surface area contributed by atoms with Gasteiger partial charge in [0.15, 0.2) is 0 Å². The number of hydrogen-bond donors (Lipinski definition) is 0. The van der Waals surface area contributed by atoms with Crippen LogP contribution < -0.4 is 4.74 Å². The molecule has 1 aliphatic heterocycles. The molecule has 0 aliphatic carbocycles. The molecule has 0 N–H and O–H groups in total. The fraction of sp³-hybridized carbons (Fsp3) is 0.381. The number of amides is 1. The summed E-state index contributed by atoms with van der Waals surface area (Å²) in [5, 5.41) is 0. The van der Waals surface area contributed by atoms with Gasteiger partial charge in [-0.2, -0.15) is 0 Å². The average molecular weight is 338 g/mol. The maximum Gasteiger partial charge on any atom is 0.222 e. The van der Waals surface area contributed by atoms with E-state index < -0.39 is 0 Å². The highest BCUT2D eigenvalue weighted by Crippen LogP contribution is 2.10. The molecule has 1 heterocycles. The van der Waals surface area contributed by atoms with Crippen LogP contribution in [0.4, 0.5) is 0 Å². The first-order valence-corrected chi connectivity index (χ1v) is 9.03. The summed E-state index contributed by atoms with van der Waals surface area (Å²) < 4.78 is 5.75. The van der Waals surface area contributed by atoms with E-state index in [0.29, 0.717) is 13.0 Å². The second-order valence-electron chi connectivity index (χ2n) is 6.37. The summed E-state index contributed by atoms with van der Waals surface area (Å²) in [5.41, 5.74) is 1.23. The van der Waals surface area contributed by atoms with Crippen LogP contribution >= 0.6 is 0 Å². The molecule has 4 heteroatoms. The molecule has 0 atom stereocenters. The van der Waals surface area contributed by atoms with E-state index in [1.54, 1.807) is 0 Å². The van der Waals surface area contributed by atoms with Gasteiger partial charge < -0.3 is 9.64 Å². The number of hydrogen-bond acceptors (Lipinski definition) is 3. The summed E-state index contributed by atoms with van der Waals surface area (Å²) in [7, 11) is 0. The zero-order chi connectivity index (χ0) is 17.3. The average Bonchev–Trinajstić information content (AvgIpc) is 2.68. The summed E-state index contributed by atoms with van der Waals surface area (Å²) in [5.74, 6) is 1.18. The van der Waals surface area contributed by atoms with Crippen molar-refractivity contribution in [1.82, 2.24) is 9.80 Å². The lowest BCUT2D eigenvalue weighted by molar-refractivity contribution is -0.132. The predicted octanol–water partition coefficient (Wildman–Crippen LogP) is 2.84. The second-order valence-corrected chi connectivity index (χ2v) is 6.37. The number of rotatable bonds is 7. The number of carbonyl (C=O) groups is 1. The van der Waals surface area contributed by atoms with Crippen molar-refractivity contribution >= 4 is 5.91 Å². The van der Waals surface area contributed by atoms with Crippen LogP contribution in [0.5, 0.6) is 5.75 Å². The second kappa shape index (κ2) is 9.23. The van der Waals surface area contributed by atoms with E-state index in [0.717, 1.165) is 44.9 Å². The first-order chi connectivity index (χ1) is 12.3. The molecular formula is C21H26N2O2. The standard InChI is InChI=1S/C21H26N2O2/c24-21(12-11-19-7-3-1-4-8-19)23-15-13-22(14-16-23)17-18-25-20-9-5-2-6-10-20/h1-10H,11-18H2. The number of aryl methyl sites for hydroxylation is 1. The minimum Gasteiger partial charge on any atom is -0.492 e. The number of para-hydroxylation sites is 1. The Kier molecular flexibility index (Phi) is 6.46. The van der Waals surface area contributed by atoms with Crippen molar-refractivity contribution in [3.63, 3.8) is 0 Å². The SMILES string of the molecule is O=C(CCc1ccccc1)N1CCN(CCOc2ccccc2)CC1. The number of nitrogens with zero attached hydrogens (tertiary/aromatic N) is 2. The Balaban J connectivity index is 1.33. The maximum absolute atomic E-state index is 12.4. The fourth-order valence-corrected chi connectivity index (χ4v) is 3.08.